The van der Waals surface area contributed by atoms with Crippen molar-refractivity contribution in [3.8, 4) is 0 Å². The number of halogens is 2. The number of piperidine rings is 1. The van der Waals surface area contributed by atoms with Crippen LogP contribution in [0.25, 0.3) is 0 Å². The van der Waals surface area contributed by atoms with E-state index in [2.05, 4.69) is 4.40 Å². The van der Waals surface area contributed by atoms with Gasteiger partial charge in [0, 0.05) is 24.9 Å². The molecule has 2 aliphatic rings. The Labute approximate surface area is 157 Å². The summed E-state index contributed by atoms with van der Waals surface area (Å²) in [5, 5.41) is 0. The molecule has 1 atom stereocenters. The van der Waals surface area contributed by atoms with Gasteiger partial charge in [0.15, 0.2) is 0 Å². The molecule has 0 N–H and O–H groups in total. The predicted molar refractivity (Wildman–Crippen MR) is 99.0 cm³/mol. The lowest BCUT2D eigenvalue weighted by Gasteiger charge is -2.40. The van der Waals surface area contributed by atoms with E-state index in [1.165, 1.54) is 0 Å². The molecule has 0 aromatic heterocycles. The van der Waals surface area contributed by atoms with Crippen molar-refractivity contribution in [1.29, 1.82) is 0 Å². The van der Waals surface area contributed by atoms with E-state index >= 15 is 0 Å². The lowest BCUT2D eigenvalue weighted by molar-refractivity contribution is 0.0156. The number of carbonyl (C=O) groups is 1. The molecule has 8 heteroatoms. The highest BCUT2D eigenvalue weighted by Crippen LogP contribution is 2.51. The number of likely N-dealkylation sites (tertiary alicyclic amines) is 1. The summed E-state index contributed by atoms with van der Waals surface area (Å²) in [4.78, 5) is 13.8. The van der Waals surface area contributed by atoms with Crippen LogP contribution < -0.4 is 0 Å². The Hall–Kier alpha value is -1.05. The molecule has 1 saturated heterocycles. The second-order valence-corrected chi connectivity index (χ2v) is 11.2. The Balaban J connectivity index is 2.18. The minimum absolute atomic E-state index is 0.234. The molecule has 1 saturated carbocycles. The first-order valence-electron chi connectivity index (χ1n) is 9.04. The van der Waals surface area contributed by atoms with Gasteiger partial charge in [-0.15, -0.1) is 0 Å². The molecular weight excluding hydrogens is 362 g/mol. The molecule has 0 aromatic rings. The smallest absolute Gasteiger partial charge is 0.410 e. The van der Waals surface area contributed by atoms with E-state index in [4.69, 9.17) is 4.74 Å². The number of ether oxygens (including phenoxy) is 1. The molecule has 1 heterocycles. The molecule has 26 heavy (non-hydrogen) atoms. The second kappa shape index (κ2) is 6.84. The summed E-state index contributed by atoms with van der Waals surface area (Å²) in [6, 6.07) is 0. The molecule has 1 aliphatic heterocycles. The molecule has 5 nitrogen and oxygen atoms in total. The van der Waals surface area contributed by atoms with E-state index < -0.39 is 38.8 Å². The number of hydrogen-bond acceptors (Lipinski definition) is 3. The minimum atomic E-state index is -3.03. The van der Waals surface area contributed by atoms with E-state index in [1.54, 1.807) is 46.4 Å². The molecule has 150 valence electrons. The number of carbonyl (C=O) groups excluding carboxylic acids is 1. The molecule has 0 bridgehead atoms. The van der Waals surface area contributed by atoms with Crippen molar-refractivity contribution < 1.29 is 22.5 Å². The normalized spacial score (nSPS) is 25.5. The fourth-order valence-corrected chi connectivity index (χ4v) is 4.10. The van der Waals surface area contributed by atoms with Crippen LogP contribution in [-0.2, 0) is 15.7 Å². The molecule has 0 aromatic carbocycles. The Morgan fingerprint density at radius 1 is 1.08 bits per heavy atom. The summed E-state index contributed by atoms with van der Waals surface area (Å²) in [6.45, 7) is 11.2. The van der Waals surface area contributed by atoms with Crippen LogP contribution in [0.5, 0.6) is 0 Å². The average molecular weight is 393 g/mol. The summed E-state index contributed by atoms with van der Waals surface area (Å²) >= 11 is 0. The highest BCUT2D eigenvalue weighted by atomic mass is 32.2. The largest absolute Gasteiger partial charge is 0.444 e. The van der Waals surface area contributed by atoms with E-state index in [0.29, 0.717) is 32.4 Å². The van der Waals surface area contributed by atoms with Gasteiger partial charge in [-0.2, -0.15) is 13.2 Å². The van der Waals surface area contributed by atoms with Crippen LogP contribution in [0, 0.1) is 5.41 Å². The van der Waals surface area contributed by atoms with Crippen LogP contribution in [0.1, 0.15) is 67.2 Å². The average Bonchev–Trinajstić information content (AvgIpc) is 2.70. The minimum Gasteiger partial charge on any atom is -0.444 e. The van der Waals surface area contributed by atoms with Crippen LogP contribution in [-0.4, -0.2) is 50.3 Å². The molecule has 2 fully saturated rings. The van der Waals surface area contributed by atoms with Gasteiger partial charge >= 0.3 is 6.09 Å². The first kappa shape index (κ1) is 21.3. The first-order valence-corrected chi connectivity index (χ1v) is 10.1. The van der Waals surface area contributed by atoms with Crippen molar-refractivity contribution in [1.82, 2.24) is 4.90 Å². The molecule has 0 unspecified atom stereocenters. The van der Waals surface area contributed by atoms with Gasteiger partial charge in [0.2, 0.25) is 0 Å². The maximum atomic E-state index is 14.5. The van der Waals surface area contributed by atoms with Crippen LogP contribution >= 0.6 is 0 Å². The lowest BCUT2D eigenvalue weighted by Crippen LogP contribution is -2.48. The van der Waals surface area contributed by atoms with Crippen LogP contribution in [0.3, 0.4) is 0 Å². The summed E-state index contributed by atoms with van der Waals surface area (Å²) in [5.41, 5.74) is -1.60. The van der Waals surface area contributed by atoms with Gasteiger partial charge in [-0.25, -0.2) is 9.00 Å². The SMILES string of the molecule is CC(C)(C)OC(=O)N1CCC2(CC1)CCC(F)(F)C2=N[S@](=O)C(C)(C)C. The molecular formula is C18H30F2N2O3S. The Morgan fingerprint density at radius 3 is 2.08 bits per heavy atom. The van der Waals surface area contributed by atoms with Gasteiger partial charge in [-0.3, -0.25) is 0 Å². The maximum absolute atomic E-state index is 14.5. The van der Waals surface area contributed by atoms with Gasteiger partial charge < -0.3 is 9.64 Å². The second-order valence-electron chi connectivity index (χ2n) is 9.25. The maximum Gasteiger partial charge on any atom is 0.410 e. The zero-order valence-electron chi connectivity index (χ0n) is 16.5. The monoisotopic (exact) mass is 392 g/mol. The number of hydrogen-bond donors (Lipinski definition) is 0. The number of alkyl halides is 2. The third-order valence-corrected chi connectivity index (χ3v) is 6.23. The summed E-state index contributed by atoms with van der Waals surface area (Å²) in [7, 11) is -1.73. The van der Waals surface area contributed by atoms with Crippen LogP contribution in [0.15, 0.2) is 4.40 Å². The topological polar surface area (TPSA) is 59.0 Å². The fraction of sp³-hybridized carbons (Fsp3) is 0.889. The van der Waals surface area contributed by atoms with Crippen molar-refractivity contribution in [2.24, 2.45) is 9.81 Å². The third-order valence-electron chi connectivity index (χ3n) is 4.84. The lowest BCUT2D eigenvalue weighted by atomic mass is 9.75. The van der Waals surface area contributed by atoms with Gasteiger partial charge in [0.05, 0.1) is 4.75 Å². The first-order chi connectivity index (χ1) is 11.7. The predicted octanol–water partition coefficient (Wildman–Crippen LogP) is 4.34. The quantitative estimate of drug-likeness (QED) is 0.667. The third kappa shape index (κ3) is 4.61. The van der Waals surface area contributed by atoms with Crippen molar-refractivity contribution in [3.05, 3.63) is 0 Å². The van der Waals surface area contributed by atoms with E-state index in [9.17, 15) is 17.8 Å². The van der Waals surface area contributed by atoms with Gasteiger partial charge in [-0.1, -0.05) is 0 Å². The Bertz CT molecular complexity index is 613. The van der Waals surface area contributed by atoms with Crippen molar-refractivity contribution in [2.75, 3.05) is 13.1 Å². The molecule has 2 rings (SSSR count). The number of nitrogens with zero attached hydrogens (tertiary/aromatic N) is 2. The van der Waals surface area contributed by atoms with E-state index in [0.717, 1.165) is 0 Å². The van der Waals surface area contributed by atoms with Crippen molar-refractivity contribution in [3.63, 3.8) is 0 Å². The van der Waals surface area contributed by atoms with Gasteiger partial charge in [-0.05, 0) is 60.8 Å². The highest BCUT2D eigenvalue weighted by molar-refractivity contribution is 7.85. The van der Waals surface area contributed by atoms with E-state index in [1.807, 2.05) is 0 Å². The van der Waals surface area contributed by atoms with Gasteiger partial charge in [0.1, 0.15) is 22.3 Å². The standard InChI is InChI=1S/C18H30F2N2O3S/c1-15(2,3)25-14(23)22-11-9-17(10-12-22)7-8-18(19,20)13(17)21-26(24)16(4,5)6/h7-12H2,1-6H3/t26-/m1/s1. The van der Waals surface area contributed by atoms with Crippen molar-refractivity contribution >= 4 is 22.8 Å². The van der Waals surface area contributed by atoms with Crippen LogP contribution in [0.2, 0.25) is 0 Å². The number of amides is 1. The zero-order valence-corrected chi connectivity index (χ0v) is 17.3. The molecule has 1 aliphatic carbocycles. The molecule has 0 radical (unpaired) electrons. The number of rotatable bonds is 1. The van der Waals surface area contributed by atoms with Crippen molar-refractivity contribution in [2.45, 2.75) is 83.5 Å². The highest BCUT2D eigenvalue weighted by Gasteiger charge is 2.57. The molecule has 1 spiro atoms. The fourth-order valence-electron chi connectivity index (χ4n) is 3.34. The Morgan fingerprint density at radius 2 is 1.62 bits per heavy atom. The summed E-state index contributed by atoms with van der Waals surface area (Å²) in [5.74, 6) is -3.03. The zero-order chi connectivity index (χ0) is 20.0. The molecule has 1 amide bonds. The summed E-state index contributed by atoms with van der Waals surface area (Å²) in [6.07, 6.45) is 0.389. The van der Waals surface area contributed by atoms with Crippen LogP contribution in [0.4, 0.5) is 13.6 Å². The Kier molecular flexibility index (Phi) is 5.59. The van der Waals surface area contributed by atoms with E-state index in [-0.39, 0.29) is 12.1 Å². The summed E-state index contributed by atoms with van der Waals surface area (Å²) < 4.78 is 50.0. The van der Waals surface area contributed by atoms with Gasteiger partial charge in [0.25, 0.3) is 5.92 Å².